The van der Waals surface area contributed by atoms with Crippen molar-refractivity contribution >= 4 is 17.9 Å². The van der Waals surface area contributed by atoms with Crippen LogP contribution in [-0.2, 0) is 28.6 Å². The third-order valence-electron chi connectivity index (χ3n) is 11.2. The van der Waals surface area contributed by atoms with Crippen molar-refractivity contribution < 1.29 is 28.6 Å². The maximum Gasteiger partial charge on any atom is 0.306 e. The van der Waals surface area contributed by atoms with Gasteiger partial charge in [0.15, 0.2) is 6.10 Å². The quantitative estimate of drug-likeness (QED) is 0.0349. The molecule has 0 aliphatic heterocycles. The maximum absolute atomic E-state index is 12.6. The lowest BCUT2D eigenvalue weighted by atomic mass is 9.99. The van der Waals surface area contributed by atoms with Gasteiger partial charge in [-0.05, 0) is 25.2 Å². The minimum atomic E-state index is -0.758. The Morgan fingerprint density at radius 2 is 0.648 bits per heavy atom. The van der Waals surface area contributed by atoms with E-state index in [1.54, 1.807) is 0 Å². The fourth-order valence-electron chi connectivity index (χ4n) is 7.12. The topological polar surface area (TPSA) is 78.9 Å². The Hall–Kier alpha value is -1.59. The molecule has 0 N–H and O–H groups in total. The molecule has 0 bridgehead atoms. The highest BCUT2D eigenvalue weighted by molar-refractivity contribution is 5.71. The summed E-state index contributed by atoms with van der Waals surface area (Å²) in [5, 5.41) is 0. The first kappa shape index (κ1) is 52.4. The van der Waals surface area contributed by atoms with Gasteiger partial charge in [0.05, 0.1) is 0 Å². The number of rotatable bonds is 43. The summed E-state index contributed by atoms with van der Waals surface area (Å²) in [6, 6.07) is 0. The van der Waals surface area contributed by atoms with Gasteiger partial charge in [-0.25, -0.2) is 0 Å². The SMILES string of the molecule is CCCCCCCCCCCCCCCCCC(=O)OC[C@@H](COC(=O)CCCCCCCCCCCCC(C)CC)OC(=O)CCCCCCCCC. The molecular formula is C48H92O6. The van der Waals surface area contributed by atoms with Gasteiger partial charge >= 0.3 is 17.9 Å². The number of hydrogen-bond acceptors (Lipinski definition) is 6. The molecule has 0 amide bonds. The minimum absolute atomic E-state index is 0.0640. The lowest BCUT2D eigenvalue weighted by Crippen LogP contribution is -2.30. The van der Waals surface area contributed by atoms with Crippen LogP contribution in [0, 0.1) is 5.92 Å². The molecule has 0 fully saturated rings. The summed E-state index contributed by atoms with van der Waals surface area (Å²) in [5.41, 5.74) is 0. The molecule has 0 heterocycles. The Morgan fingerprint density at radius 3 is 0.963 bits per heavy atom. The number of carbonyl (C=O) groups is 3. The van der Waals surface area contributed by atoms with Crippen LogP contribution in [0.15, 0.2) is 0 Å². The molecule has 1 unspecified atom stereocenters. The average molecular weight is 765 g/mol. The Balaban J connectivity index is 4.21. The van der Waals surface area contributed by atoms with E-state index in [1.807, 2.05) is 0 Å². The molecule has 6 nitrogen and oxygen atoms in total. The van der Waals surface area contributed by atoms with Crippen LogP contribution < -0.4 is 0 Å². The molecule has 0 radical (unpaired) electrons. The first-order valence-electron chi connectivity index (χ1n) is 23.9. The zero-order valence-electron chi connectivity index (χ0n) is 36.7. The van der Waals surface area contributed by atoms with E-state index in [-0.39, 0.29) is 31.1 Å². The Morgan fingerprint density at radius 1 is 0.370 bits per heavy atom. The summed E-state index contributed by atoms with van der Waals surface area (Å²) in [5.74, 6) is 0.0124. The van der Waals surface area contributed by atoms with Crippen LogP contribution >= 0.6 is 0 Å². The largest absolute Gasteiger partial charge is 0.462 e. The van der Waals surface area contributed by atoms with Crippen LogP contribution in [0.4, 0.5) is 0 Å². The fourth-order valence-corrected chi connectivity index (χ4v) is 7.12. The predicted octanol–water partition coefficient (Wildman–Crippen LogP) is 15.1. The van der Waals surface area contributed by atoms with Crippen molar-refractivity contribution in [2.45, 2.75) is 271 Å². The van der Waals surface area contributed by atoms with E-state index < -0.39 is 6.10 Å². The molecule has 6 heteroatoms. The summed E-state index contributed by atoms with van der Waals surface area (Å²) in [7, 11) is 0. The van der Waals surface area contributed by atoms with E-state index in [0.717, 1.165) is 63.7 Å². The van der Waals surface area contributed by atoms with Crippen LogP contribution in [0.2, 0.25) is 0 Å². The third kappa shape index (κ3) is 40.1. The second kappa shape index (κ2) is 42.6. The number of unbranched alkanes of at least 4 members (excludes halogenated alkanes) is 29. The third-order valence-corrected chi connectivity index (χ3v) is 11.2. The second-order valence-electron chi connectivity index (χ2n) is 16.6. The Kier molecular flexibility index (Phi) is 41.3. The summed E-state index contributed by atoms with van der Waals surface area (Å²) < 4.78 is 16.7. The summed E-state index contributed by atoms with van der Waals surface area (Å²) in [6.45, 7) is 8.99. The summed E-state index contributed by atoms with van der Waals surface area (Å²) in [6.07, 6.45) is 42.3. The van der Waals surface area contributed by atoms with Crippen molar-refractivity contribution in [3.63, 3.8) is 0 Å². The normalized spacial score (nSPS) is 12.4. The van der Waals surface area contributed by atoms with Crippen LogP contribution in [0.3, 0.4) is 0 Å². The van der Waals surface area contributed by atoms with E-state index in [0.29, 0.717) is 19.3 Å². The fraction of sp³-hybridized carbons (Fsp3) is 0.938. The van der Waals surface area contributed by atoms with Gasteiger partial charge in [0.2, 0.25) is 0 Å². The molecule has 0 spiro atoms. The van der Waals surface area contributed by atoms with Crippen molar-refractivity contribution in [1.82, 2.24) is 0 Å². The standard InChI is InChI=1S/C48H92O6/c1-5-8-10-12-14-15-16-17-18-19-20-24-28-31-35-39-46(49)52-42-45(54-48(51)41-37-33-26-13-11-9-6-2)43-53-47(50)40-36-32-29-25-22-21-23-27-30-34-38-44(4)7-3/h44-45H,5-43H2,1-4H3/t44?,45-/m0/s1. The molecule has 320 valence electrons. The van der Waals surface area contributed by atoms with E-state index in [9.17, 15) is 14.4 Å². The molecule has 0 aliphatic rings. The second-order valence-corrected chi connectivity index (χ2v) is 16.6. The van der Waals surface area contributed by atoms with Gasteiger partial charge in [-0.2, -0.15) is 0 Å². The van der Waals surface area contributed by atoms with Gasteiger partial charge in [-0.1, -0.05) is 227 Å². The number of esters is 3. The summed E-state index contributed by atoms with van der Waals surface area (Å²) >= 11 is 0. The van der Waals surface area contributed by atoms with Gasteiger partial charge in [-0.15, -0.1) is 0 Å². The van der Waals surface area contributed by atoms with Crippen LogP contribution in [0.5, 0.6) is 0 Å². The Labute approximate surface area is 336 Å². The van der Waals surface area contributed by atoms with Crippen LogP contribution in [0.1, 0.15) is 265 Å². The number of ether oxygens (including phenoxy) is 3. The smallest absolute Gasteiger partial charge is 0.306 e. The summed E-state index contributed by atoms with van der Waals surface area (Å²) in [4.78, 5) is 37.6. The van der Waals surface area contributed by atoms with Crippen molar-refractivity contribution in [2.24, 2.45) is 5.92 Å². The van der Waals surface area contributed by atoms with Crippen molar-refractivity contribution in [3.8, 4) is 0 Å². The molecule has 0 rings (SSSR count). The lowest BCUT2D eigenvalue weighted by molar-refractivity contribution is -0.167. The monoisotopic (exact) mass is 765 g/mol. The van der Waals surface area contributed by atoms with E-state index in [1.165, 1.54) is 161 Å². The molecule has 0 aromatic carbocycles. The molecule has 0 aromatic heterocycles. The Bertz CT molecular complexity index is 813. The van der Waals surface area contributed by atoms with E-state index in [2.05, 4.69) is 27.7 Å². The molecular weight excluding hydrogens is 673 g/mol. The van der Waals surface area contributed by atoms with Crippen molar-refractivity contribution in [1.29, 1.82) is 0 Å². The highest BCUT2D eigenvalue weighted by Gasteiger charge is 2.19. The van der Waals surface area contributed by atoms with E-state index >= 15 is 0 Å². The zero-order valence-corrected chi connectivity index (χ0v) is 36.7. The first-order valence-corrected chi connectivity index (χ1v) is 23.9. The van der Waals surface area contributed by atoms with Gasteiger partial charge in [0.25, 0.3) is 0 Å². The number of hydrogen-bond donors (Lipinski definition) is 0. The van der Waals surface area contributed by atoms with Crippen molar-refractivity contribution in [2.75, 3.05) is 13.2 Å². The average Bonchev–Trinajstić information content (AvgIpc) is 3.17. The van der Waals surface area contributed by atoms with Crippen LogP contribution in [-0.4, -0.2) is 37.2 Å². The van der Waals surface area contributed by atoms with Gasteiger partial charge in [-0.3, -0.25) is 14.4 Å². The first-order chi connectivity index (χ1) is 26.4. The highest BCUT2D eigenvalue weighted by atomic mass is 16.6. The molecule has 0 saturated carbocycles. The van der Waals surface area contributed by atoms with Gasteiger partial charge in [0, 0.05) is 19.3 Å². The zero-order chi connectivity index (χ0) is 39.6. The predicted molar refractivity (Wildman–Crippen MR) is 229 cm³/mol. The molecule has 0 aliphatic carbocycles. The van der Waals surface area contributed by atoms with Gasteiger partial charge in [0.1, 0.15) is 13.2 Å². The van der Waals surface area contributed by atoms with E-state index in [4.69, 9.17) is 14.2 Å². The van der Waals surface area contributed by atoms with Crippen LogP contribution in [0.25, 0.3) is 0 Å². The minimum Gasteiger partial charge on any atom is -0.462 e. The molecule has 2 atom stereocenters. The number of carbonyl (C=O) groups excluding carboxylic acids is 3. The lowest BCUT2D eigenvalue weighted by Gasteiger charge is -2.18. The highest BCUT2D eigenvalue weighted by Crippen LogP contribution is 2.17. The van der Waals surface area contributed by atoms with Crippen molar-refractivity contribution in [3.05, 3.63) is 0 Å². The maximum atomic E-state index is 12.6. The van der Waals surface area contributed by atoms with Gasteiger partial charge < -0.3 is 14.2 Å². The molecule has 54 heavy (non-hydrogen) atoms. The molecule has 0 aromatic rings. The molecule has 0 saturated heterocycles.